The molecule has 4 aliphatic rings. The van der Waals surface area contributed by atoms with Crippen LogP contribution in [0.1, 0.15) is 24.8 Å². The number of carboxylic acids is 1. The second-order valence-electron chi connectivity index (χ2n) is 7.77. The minimum absolute atomic E-state index is 0.103. The number of thiophene rings is 1. The molecule has 136 valence electrons. The van der Waals surface area contributed by atoms with E-state index in [0.29, 0.717) is 0 Å². The monoisotopic (exact) mass is 373 g/mol. The van der Waals surface area contributed by atoms with Crippen molar-refractivity contribution in [1.82, 2.24) is 4.90 Å². The Morgan fingerprint density at radius 2 is 2.08 bits per heavy atom. The van der Waals surface area contributed by atoms with Crippen LogP contribution in [-0.4, -0.2) is 45.4 Å². The van der Waals surface area contributed by atoms with Crippen molar-refractivity contribution < 1.29 is 24.2 Å². The Labute approximate surface area is 154 Å². The SMILES string of the molecule is C[C@@H]1C(=O)[C@H](C)[C@@H]2N(C(=O)[C@@H]3[C@H](C(=O)O)[C@H]4C=C[C@]32O4)[C@H]1c1cccs1. The topological polar surface area (TPSA) is 83.9 Å². The Balaban J connectivity index is 1.69. The molecule has 5 heterocycles. The van der Waals surface area contributed by atoms with Crippen molar-refractivity contribution in [1.29, 1.82) is 0 Å². The molecule has 1 spiro atoms. The van der Waals surface area contributed by atoms with Crippen LogP contribution in [0.5, 0.6) is 0 Å². The van der Waals surface area contributed by atoms with E-state index in [1.165, 1.54) is 11.3 Å². The number of fused-ring (bicyclic) bond motifs is 2. The molecular weight excluding hydrogens is 354 g/mol. The van der Waals surface area contributed by atoms with E-state index in [0.717, 1.165) is 4.88 Å². The molecule has 0 aliphatic carbocycles. The number of ketones is 1. The molecule has 1 amide bonds. The number of piperidine rings is 1. The normalized spacial score (nSPS) is 45.9. The molecule has 6 nitrogen and oxygen atoms in total. The van der Waals surface area contributed by atoms with Crippen molar-refractivity contribution in [3.8, 4) is 0 Å². The van der Waals surface area contributed by atoms with E-state index >= 15 is 0 Å². The van der Waals surface area contributed by atoms with Crippen LogP contribution in [0.3, 0.4) is 0 Å². The van der Waals surface area contributed by atoms with Crippen LogP contribution < -0.4 is 0 Å². The first kappa shape index (κ1) is 16.2. The second-order valence-corrected chi connectivity index (χ2v) is 8.75. The molecule has 2 bridgehead atoms. The number of nitrogens with zero attached hydrogens (tertiary/aromatic N) is 1. The highest BCUT2D eigenvalue weighted by Crippen LogP contribution is 2.60. The Morgan fingerprint density at radius 1 is 1.31 bits per heavy atom. The third-order valence-electron chi connectivity index (χ3n) is 6.63. The lowest BCUT2D eigenvalue weighted by atomic mass is 9.69. The van der Waals surface area contributed by atoms with Crippen molar-refractivity contribution in [2.45, 2.75) is 37.6 Å². The number of hydrogen-bond donors (Lipinski definition) is 1. The zero-order valence-corrected chi connectivity index (χ0v) is 15.2. The summed E-state index contributed by atoms with van der Waals surface area (Å²) in [7, 11) is 0. The average molecular weight is 373 g/mol. The molecule has 0 unspecified atom stereocenters. The van der Waals surface area contributed by atoms with Crippen LogP contribution in [0.4, 0.5) is 0 Å². The quantitative estimate of drug-likeness (QED) is 0.801. The Bertz CT molecular complexity index is 848. The van der Waals surface area contributed by atoms with Gasteiger partial charge in [0.05, 0.1) is 24.1 Å². The fourth-order valence-corrected chi connectivity index (χ4v) is 6.58. The van der Waals surface area contributed by atoms with Gasteiger partial charge >= 0.3 is 5.97 Å². The minimum Gasteiger partial charge on any atom is -0.481 e. The summed E-state index contributed by atoms with van der Waals surface area (Å²) in [6.07, 6.45) is 3.00. The molecule has 1 N–H and O–H groups in total. The lowest BCUT2D eigenvalue weighted by molar-refractivity contribution is -0.155. The minimum atomic E-state index is -1.01. The first-order valence-corrected chi connectivity index (χ1v) is 9.75. The standard InChI is InChI=1S/C19H19NO5S/c1-8-14(11-4-3-7-26-11)20-16(9(2)15(8)21)19-6-5-10(25-19)12(18(23)24)13(19)17(20)22/h3-10,12-14,16H,1-2H3,(H,23,24)/t8-,9-,10+,12+,13-,14+,16-,19-/m0/s1. The predicted molar refractivity (Wildman–Crippen MR) is 92.4 cm³/mol. The lowest BCUT2D eigenvalue weighted by Crippen LogP contribution is -2.58. The van der Waals surface area contributed by atoms with Gasteiger partial charge in [-0.3, -0.25) is 14.4 Å². The van der Waals surface area contributed by atoms with Crippen molar-refractivity contribution in [3.63, 3.8) is 0 Å². The van der Waals surface area contributed by atoms with Crippen molar-refractivity contribution in [2.24, 2.45) is 23.7 Å². The van der Waals surface area contributed by atoms with Gasteiger partial charge in [0, 0.05) is 16.7 Å². The average Bonchev–Trinajstić information content (AvgIpc) is 3.35. The van der Waals surface area contributed by atoms with Gasteiger partial charge in [0.1, 0.15) is 17.3 Å². The van der Waals surface area contributed by atoms with Crippen LogP contribution in [0.15, 0.2) is 29.7 Å². The van der Waals surface area contributed by atoms with Gasteiger partial charge in [-0.1, -0.05) is 32.1 Å². The molecular formula is C19H19NO5S. The highest BCUT2D eigenvalue weighted by Gasteiger charge is 2.74. The van der Waals surface area contributed by atoms with Crippen LogP contribution in [0.2, 0.25) is 0 Å². The van der Waals surface area contributed by atoms with E-state index in [-0.39, 0.29) is 23.7 Å². The summed E-state index contributed by atoms with van der Waals surface area (Å²) in [4.78, 5) is 41.1. The number of hydrogen-bond acceptors (Lipinski definition) is 5. The van der Waals surface area contributed by atoms with E-state index < -0.39 is 41.5 Å². The largest absolute Gasteiger partial charge is 0.481 e. The summed E-state index contributed by atoms with van der Waals surface area (Å²) in [5.41, 5.74) is -1.00. The highest BCUT2D eigenvalue weighted by atomic mass is 32.1. The summed E-state index contributed by atoms with van der Waals surface area (Å²) < 4.78 is 6.11. The molecule has 3 fully saturated rings. The van der Waals surface area contributed by atoms with Crippen molar-refractivity contribution >= 4 is 29.0 Å². The first-order chi connectivity index (χ1) is 12.4. The number of carboxylic acid groups (broad SMARTS) is 1. The molecule has 0 saturated carbocycles. The predicted octanol–water partition coefficient (Wildman–Crippen LogP) is 1.88. The number of rotatable bonds is 2. The number of Topliss-reactive ketones (excluding diaryl/α,β-unsaturated/α-hetero) is 1. The highest BCUT2D eigenvalue weighted by molar-refractivity contribution is 7.10. The summed E-state index contributed by atoms with van der Waals surface area (Å²) in [6.45, 7) is 3.70. The molecule has 7 heteroatoms. The Morgan fingerprint density at radius 3 is 2.73 bits per heavy atom. The number of amides is 1. The lowest BCUT2D eigenvalue weighted by Gasteiger charge is -2.47. The van der Waals surface area contributed by atoms with Gasteiger partial charge in [-0.15, -0.1) is 11.3 Å². The maximum atomic E-state index is 13.5. The van der Waals surface area contributed by atoms with Crippen LogP contribution in [0, 0.1) is 23.7 Å². The van der Waals surface area contributed by atoms with Gasteiger partial charge in [0.15, 0.2) is 0 Å². The van der Waals surface area contributed by atoms with E-state index in [1.807, 2.05) is 37.4 Å². The van der Waals surface area contributed by atoms with Gasteiger partial charge in [0.25, 0.3) is 0 Å². The van der Waals surface area contributed by atoms with Gasteiger partial charge in [-0.25, -0.2) is 0 Å². The van der Waals surface area contributed by atoms with E-state index in [9.17, 15) is 19.5 Å². The Kier molecular flexibility index (Phi) is 3.14. The first-order valence-electron chi connectivity index (χ1n) is 8.88. The molecule has 26 heavy (non-hydrogen) atoms. The zero-order chi connectivity index (χ0) is 18.4. The maximum Gasteiger partial charge on any atom is 0.310 e. The third-order valence-corrected chi connectivity index (χ3v) is 7.58. The van der Waals surface area contributed by atoms with Crippen molar-refractivity contribution in [3.05, 3.63) is 34.5 Å². The molecule has 8 atom stereocenters. The van der Waals surface area contributed by atoms with Crippen LogP contribution in [-0.2, 0) is 19.1 Å². The van der Waals surface area contributed by atoms with E-state index in [2.05, 4.69) is 0 Å². The molecule has 4 aliphatic heterocycles. The smallest absolute Gasteiger partial charge is 0.310 e. The van der Waals surface area contributed by atoms with Crippen molar-refractivity contribution in [2.75, 3.05) is 0 Å². The second kappa shape index (κ2) is 5.04. The van der Waals surface area contributed by atoms with Gasteiger partial charge in [0.2, 0.25) is 5.91 Å². The maximum absolute atomic E-state index is 13.5. The number of carbonyl (C=O) groups excluding carboxylic acids is 2. The van der Waals surface area contributed by atoms with E-state index in [4.69, 9.17) is 4.74 Å². The molecule has 3 saturated heterocycles. The zero-order valence-electron chi connectivity index (χ0n) is 14.4. The number of aliphatic carboxylic acids is 1. The Hall–Kier alpha value is -1.99. The van der Waals surface area contributed by atoms with Gasteiger partial charge in [-0.2, -0.15) is 0 Å². The number of ether oxygens (including phenoxy) is 1. The summed E-state index contributed by atoms with van der Waals surface area (Å²) >= 11 is 1.52. The van der Waals surface area contributed by atoms with Crippen LogP contribution >= 0.6 is 11.3 Å². The summed E-state index contributed by atoms with van der Waals surface area (Å²) in [5, 5.41) is 11.6. The summed E-state index contributed by atoms with van der Waals surface area (Å²) in [6, 6.07) is 3.03. The van der Waals surface area contributed by atoms with Gasteiger partial charge in [-0.05, 0) is 11.4 Å². The molecule has 1 aromatic heterocycles. The van der Waals surface area contributed by atoms with Gasteiger partial charge < -0.3 is 14.7 Å². The molecule has 0 aromatic carbocycles. The van der Waals surface area contributed by atoms with E-state index in [1.54, 1.807) is 11.0 Å². The fraction of sp³-hybridized carbons (Fsp3) is 0.526. The number of carbonyl (C=O) groups is 3. The third kappa shape index (κ3) is 1.68. The fourth-order valence-electron chi connectivity index (χ4n) is 5.65. The molecule has 1 aromatic rings. The molecule has 5 rings (SSSR count). The summed E-state index contributed by atoms with van der Waals surface area (Å²) in [5.74, 6) is -3.48. The molecule has 0 radical (unpaired) electrons. The van der Waals surface area contributed by atoms with Crippen LogP contribution in [0.25, 0.3) is 0 Å².